The summed E-state index contributed by atoms with van der Waals surface area (Å²) in [5.74, 6) is 0.737. The molecule has 6 heteroatoms. The molecule has 0 aliphatic heterocycles. The number of aromatic nitrogens is 2. The molecule has 23 heavy (non-hydrogen) atoms. The summed E-state index contributed by atoms with van der Waals surface area (Å²) in [6.45, 7) is 4.35. The molecule has 0 bridgehead atoms. The predicted molar refractivity (Wildman–Crippen MR) is 95.8 cm³/mol. The zero-order valence-corrected chi connectivity index (χ0v) is 14.6. The molecule has 3 rings (SSSR count). The number of aryl methyl sites for hydroxylation is 1. The second-order valence-electron chi connectivity index (χ2n) is 5.15. The van der Waals surface area contributed by atoms with Gasteiger partial charge in [-0.05, 0) is 31.4 Å². The Kier molecular flexibility index (Phi) is 4.93. The maximum Gasteiger partial charge on any atom is 0.233 e. The summed E-state index contributed by atoms with van der Waals surface area (Å²) < 4.78 is 0. The van der Waals surface area contributed by atoms with Crippen molar-refractivity contribution in [3.8, 4) is 0 Å². The van der Waals surface area contributed by atoms with Crippen LogP contribution >= 0.6 is 23.1 Å². The van der Waals surface area contributed by atoms with Crippen LogP contribution in [0, 0.1) is 6.92 Å². The SMILES string of the molecule is Cc1nc(SC(C)C(=O)NCc2cccs2)c2ccccc2n1. The number of para-hydroxylation sites is 1. The quantitative estimate of drug-likeness (QED) is 0.565. The second-order valence-corrected chi connectivity index (χ2v) is 7.51. The van der Waals surface area contributed by atoms with E-state index in [-0.39, 0.29) is 11.2 Å². The van der Waals surface area contributed by atoms with Crippen LogP contribution in [-0.4, -0.2) is 21.1 Å². The molecule has 4 nitrogen and oxygen atoms in total. The van der Waals surface area contributed by atoms with Crippen molar-refractivity contribution in [2.24, 2.45) is 0 Å². The number of hydrogen-bond donors (Lipinski definition) is 1. The predicted octanol–water partition coefficient (Wildman–Crippen LogP) is 3.80. The highest BCUT2D eigenvalue weighted by atomic mass is 32.2. The normalized spacial score (nSPS) is 12.3. The van der Waals surface area contributed by atoms with Gasteiger partial charge in [-0.3, -0.25) is 4.79 Å². The van der Waals surface area contributed by atoms with E-state index in [0.717, 1.165) is 26.6 Å². The fourth-order valence-corrected chi connectivity index (χ4v) is 3.85. The van der Waals surface area contributed by atoms with Crippen LogP contribution in [0.1, 0.15) is 17.6 Å². The van der Waals surface area contributed by atoms with Crippen molar-refractivity contribution in [2.75, 3.05) is 0 Å². The first-order valence-corrected chi connectivity index (χ1v) is 9.09. The highest BCUT2D eigenvalue weighted by Crippen LogP contribution is 2.28. The van der Waals surface area contributed by atoms with Gasteiger partial charge in [0.2, 0.25) is 5.91 Å². The summed E-state index contributed by atoms with van der Waals surface area (Å²) in [5, 5.41) is 6.61. The molecule has 1 atom stereocenters. The Bertz CT molecular complexity index is 818. The minimum absolute atomic E-state index is 0.0174. The zero-order valence-electron chi connectivity index (χ0n) is 12.9. The lowest BCUT2D eigenvalue weighted by molar-refractivity contribution is -0.120. The zero-order chi connectivity index (χ0) is 16.2. The summed E-state index contributed by atoms with van der Waals surface area (Å²) in [5.41, 5.74) is 0.911. The molecule has 0 radical (unpaired) electrons. The molecule has 1 N–H and O–H groups in total. The van der Waals surface area contributed by atoms with E-state index < -0.39 is 0 Å². The van der Waals surface area contributed by atoms with E-state index in [9.17, 15) is 4.79 Å². The van der Waals surface area contributed by atoms with E-state index in [1.807, 2.05) is 55.6 Å². The van der Waals surface area contributed by atoms with Gasteiger partial charge in [-0.1, -0.05) is 36.0 Å². The number of hydrogen-bond acceptors (Lipinski definition) is 5. The van der Waals surface area contributed by atoms with E-state index in [0.29, 0.717) is 6.54 Å². The van der Waals surface area contributed by atoms with E-state index in [2.05, 4.69) is 15.3 Å². The third-order valence-electron chi connectivity index (χ3n) is 3.35. The van der Waals surface area contributed by atoms with Gasteiger partial charge in [-0.25, -0.2) is 9.97 Å². The van der Waals surface area contributed by atoms with Gasteiger partial charge in [0.1, 0.15) is 10.9 Å². The summed E-state index contributed by atoms with van der Waals surface area (Å²) in [6, 6.07) is 11.9. The second kappa shape index (κ2) is 7.10. The Morgan fingerprint density at radius 2 is 2.09 bits per heavy atom. The molecule has 1 amide bonds. The van der Waals surface area contributed by atoms with Crippen molar-refractivity contribution in [3.63, 3.8) is 0 Å². The lowest BCUT2D eigenvalue weighted by Gasteiger charge is -2.12. The van der Waals surface area contributed by atoms with Crippen molar-refractivity contribution < 1.29 is 4.79 Å². The van der Waals surface area contributed by atoms with E-state index in [1.54, 1.807) is 11.3 Å². The number of nitrogens with one attached hydrogen (secondary N) is 1. The van der Waals surface area contributed by atoms with Crippen LogP contribution < -0.4 is 5.32 Å². The van der Waals surface area contributed by atoms with Gasteiger partial charge in [0.05, 0.1) is 17.3 Å². The van der Waals surface area contributed by atoms with Gasteiger partial charge >= 0.3 is 0 Å². The Balaban J connectivity index is 1.72. The maximum absolute atomic E-state index is 12.3. The number of carbonyl (C=O) groups excluding carboxylic acids is 1. The van der Waals surface area contributed by atoms with E-state index in [1.165, 1.54) is 11.8 Å². The van der Waals surface area contributed by atoms with Crippen molar-refractivity contribution in [1.82, 2.24) is 15.3 Å². The topological polar surface area (TPSA) is 54.9 Å². The molecule has 0 saturated heterocycles. The Labute approximate surface area is 143 Å². The lowest BCUT2D eigenvalue weighted by Crippen LogP contribution is -2.30. The van der Waals surface area contributed by atoms with Gasteiger partial charge in [-0.15, -0.1) is 11.3 Å². The van der Waals surface area contributed by atoms with Crippen LogP contribution in [0.4, 0.5) is 0 Å². The molecule has 2 heterocycles. The minimum Gasteiger partial charge on any atom is -0.350 e. The summed E-state index contributed by atoms with van der Waals surface area (Å²) in [7, 11) is 0. The molecule has 0 aliphatic carbocycles. The van der Waals surface area contributed by atoms with E-state index >= 15 is 0 Å². The molecule has 0 spiro atoms. The number of benzene rings is 1. The van der Waals surface area contributed by atoms with Crippen molar-refractivity contribution >= 4 is 39.9 Å². The number of amides is 1. The molecule has 0 fully saturated rings. The third kappa shape index (κ3) is 3.89. The molecule has 1 unspecified atom stereocenters. The highest BCUT2D eigenvalue weighted by molar-refractivity contribution is 8.00. The molecular formula is C17H17N3OS2. The van der Waals surface area contributed by atoms with Crippen LogP contribution in [0.15, 0.2) is 46.8 Å². The first-order chi connectivity index (χ1) is 11.1. The lowest BCUT2D eigenvalue weighted by atomic mass is 10.2. The van der Waals surface area contributed by atoms with Crippen LogP contribution in [0.5, 0.6) is 0 Å². The summed E-state index contributed by atoms with van der Waals surface area (Å²) >= 11 is 3.12. The minimum atomic E-state index is -0.215. The largest absolute Gasteiger partial charge is 0.350 e. The molecule has 1 aromatic carbocycles. The Hall–Kier alpha value is -1.92. The van der Waals surface area contributed by atoms with Crippen LogP contribution in [0.2, 0.25) is 0 Å². The van der Waals surface area contributed by atoms with Gasteiger partial charge in [0.15, 0.2) is 0 Å². The van der Waals surface area contributed by atoms with Gasteiger partial charge < -0.3 is 5.32 Å². The van der Waals surface area contributed by atoms with E-state index in [4.69, 9.17) is 0 Å². The van der Waals surface area contributed by atoms with Crippen molar-refractivity contribution in [1.29, 1.82) is 0 Å². The van der Waals surface area contributed by atoms with Gasteiger partial charge in [0.25, 0.3) is 0 Å². The average molecular weight is 343 g/mol. The molecule has 118 valence electrons. The molecule has 0 saturated carbocycles. The average Bonchev–Trinajstić information content (AvgIpc) is 3.05. The summed E-state index contributed by atoms with van der Waals surface area (Å²) in [6.07, 6.45) is 0. The Morgan fingerprint density at radius 3 is 2.87 bits per heavy atom. The van der Waals surface area contributed by atoms with Crippen LogP contribution in [0.25, 0.3) is 10.9 Å². The van der Waals surface area contributed by atoms with Crippen molar-refractivity contribution in [2.45, 2.75) is 30.7 Å². The fourth-order valence-electron chi connectivity index (χ4n) is 2.20. The van der Waals surface area contributed by atoms with Gasteiger partial charge in [0, 0.05) is 10.3 Å². The number of thiophene rings is 1. The smallest absolute Gasteiger partial charge is 0.233 e. The highest BCUT2D eigenvalue weighted by Gasteiger charge is 2.17. The number of fused-ring (bicyclic) bond motifs is 1. The molecule has 3 aromatic rings. The number of thioether (sulfide) groups is 1. The number of nitrogens with zero attached hydrogens (tertiary/aromatic N) is 2. The van der Waals surface area contributed by atoms with Crippen LogP contribution in [-0.2, 0) is 11.3 Å². The number of carbonyl (C=O) groups is 1. The molecular weight excluding hydrogens is 326 g/mol. The number of rotatable bonds is 5. The monoisotopic (exact) mass is 343 g/mol. The third-order valence-corrected chi connectivity index (χ3v) is 5.33. The standard InChI is InChI=1S/C17H17N3OS2/c1-11(16(21)18-10-13-6-5-9-22-13)23-17-14-7-3-4-8-15(14)19-12(2)20-17/h3-9,11H,10H2,1-2H3,(H,18,21). The Morgan fingerprint density at radius 1 is 1.26 bits per heavy atom. The molecule has 2 aromatic heterocycles. The molecule has 0 aliphatic rings. The van der Waals surface area contributed by atoms with Crippen molar-refractivity contribution in [3.05, 3.63) is 52.5 Å². The van der Waals surface area contributed by atoms with Crippen LogP contribution in [0.3, 0.4) is 0 Å². The maximum atomic E-state index is 12.3. The first-order valence-electron chi connectivity index (χ1n) is 7.33. The fraction of sp³-hybridized carbons (Fsp3) is 0.235. The first kappa shape index (κ1) is 16.0. The summed E-state index contributed by atoms with van der Waals surface area (Å²) in [4.78, 5) is 22.4. The van der Waals surface area contributed by atoms with Gasteiger partial charge in [-0.2, -0.15) is 0 Å².